The molecule has 0 atom stereocenters. The number of nitrogens with two attached hydrogens (primary N) is 1. The first-order valence-electron chi connectivity index (χ1n) is 6.57. The Labute approximate surface area is 123 Å². The highest BCUT2D eigenvalue weighted by Gasteiger charge is 2.10. The van der Waals surface area contributed by atoms with Crippen LogP contribution in [-0.4, -0.2) is 13.0 Å². The summed E-state index contributed by atoms with van der Waals surface area (Å²) in [5.74, 6) is -0.118. The van der Waals surface area contributed by atoms with E-state index < -0.39 is 0 Å². The summed E-state index contributed by atoms with van der Waals surface area (Å²) in [5, 5.41) is 5.93. The minimum atomic E-state index is -0.118. The number of amides is 1. The third kappa shape index (κ3) is 3.30. The van der Waals surface area contributed by atoms with Gasteiger partial charge in [0.1, 0.15) is 0 Å². The lowest BCUT2D eigenvalue weighted by Gasteiger charge is -2.11. The molecule has 0 unspecified atom stereocenters. The lowest BCUT2D eigenvalue weighted by molar-refractivity contribution is 0.0964. The highest BCUT2D eigenvalue weighted by Crippen LogP contribution is 2.22. The van der Waals surface area contributed by atoms with Crippen LogP contribution in [0.5, 0.6) is 0 Å². The molecule has 0 spiro atoms. The first-order chi connectivity index (χ1) is 9.63. The summed E-state index contributed by atoms with van der Waals surface area (Å²) in [4.78, 5) is 14.4. The van der Waals surface area contributed by atoms with Crippen molar-refractivity contribution in [1.82, 2.24) is 5.32 Å². The molecule has 4 nitrogen and oxygen atoms in total. The van der Waals surface area contributed by atoms with Gasteiger partial charge in [-0.05, 0) is 36.8 Å². The molecule has 0 aliphatic rings. The van der Waals surface area contributed by atoms with E-state index in [1.165, 1.54) is 9.75 Å². The third-order valence-electron chi connectivity index (χ3n) is 3.03. The van der Waals surface area contributed by atoms with Gasteiger partial charge in [0.25, 0.3) is 5.91 Å². The molecule has 5 heteroatoms. The lowest BCUT2D eigenvalue weighted by atomic mass is 10.1. The molecule has 20 heavy (non-hydrogen) atoms. The van der Waals surface area contributed by atoms with E-state index in [9.17, 15) is 4.79 Å². The van der Waals surface area contributed by atoms with Crippen molar-refractivity contribution in [1.29, 1.82) is 0 Å². The van der Waals surface area contributed by atoms with Crippen molar-refractivity contribution < 1.29 is 4.79 Å². The highest BCUT2D eigenvalue weighted by atomic mass is 32.1. The van der Waals surface area contributed by atoms with Crippen molar-refractivity contribution in [2.45, 2.75) is 19.9 Å². The minimum absolute atomic E-state index is 0.118. The van der Waals surface area contributed by atoms with Gasteiger partial charge in [0.05, 0.1) is 5.56 Å². The zero-order valence-corrected chi connectivity index (χ0v) is 12.5. The van der Waals surface area contributed by atoms with Crippen LogP contribution < -0.4 is 16.4 Å². The van der Waals surface area contributed by atoms with Crippen LogP contribution in [0.25, 0.3) is 0 Å². The molecule has 0 saturated carbocycles. The molecule has 1 amide bonds. The number of hydrogen-bond acceptors (Lipinski definition) is 4. The van der Waals surface area contributed by atoms with Crippen LogP contribution in [0.15, 0.2) is 30.3 Å². The van der Waals surface area contributed by atoms with Crippen molar-refractivity contribution >= 4 is 28.6 Å². The van der Waals surface area contributed by atoms with E-state index >= 15 is 0 Å². The number of benzene rings is 1. The maximum absolute atomic E-state index is 11.8. The molecule has 0 fully saturated rings. The molecule has 0 bridgehead atoms. The fourth-order valence-electron chi connectivity index (χ4n) is 1.93. The molecule has 2 aromatic rings. The van der Waals surface area contributed by atoms with Crippen LogP contribution in [0, 0.1) is 0 Å². The second-order valence-electron chi connectivity index (χ2n) is 4.46. The van der Waals surface area contributed by atoms with Gasteiger partial charge in [-0.2, -0.15) is 0 Å². The Kier molecular flexibility index (Phi) is 4.63. The number of rotatable bonds is 5. The van der Waals surface area contributed by atoms with Crippen LogP contribution in [0.2, 0.25) is 0 Å². The summed E-state index contributed by atoms with van der Waals surface area (Å²) in [6.45, 7) is 2.84. The fraction of sp³-hybridized carbons (Fsp3) is 0.267. The Morgan fingerprint density at radius 3 is 2.65 bits per heavy atom. The number of thiophene rings is 1. The van der Waals surface area contributed by atoms with Crippen LogP contribution in [0.4, 0.5) is 11.4 Å². The Morgan fingerprint density at radius 2 is 2.00 bits per heavy atom. The van der Waals surface area contributed by atoms with Crippen molar-refractivity contribution in [2.24, 2.45) is 0 Å². The van der Waals surface area contributed by atoms with Gasteiger partial charge in [-0.15, -0.1) is 11.3 Å². The number of aryl methyl sites for hydroxylation is 1. The molecular weight excluding hydrogens is 270 g/mol. The SMILES string of the molecule is CCc1ccc(CNc2cc(N)ccc2C(=O)NC)s1. The van der Waals surface area contributed by atoms with E-state index in [1.807, 2.05) is 0 Å². The van der Waals surface area contributed by atoms with Crippen LogP contribution in [0.3, 0.4) is 0 Å². The molecule has 106 valence electrons. The summed E-state index contributed by atoms with van der Waals surface area (Å²) in [6.07, 6.45) is 1.05. The molecule has 2 rings (SSSR count). The summed E-state index contributed by atoms with van der Waals surface area (Å²) >= 11 is 1.78. The molecular formula is C15H19N3OS. The zero-order chi connectivity index (χ0) is 14.5. The van der Waals surface area contributed by atoms with Gasteiger partial charge in [-0.3, -0.25) is 4.79 Å². The number of carbonyl (C=O) groups excluding carboxylic acids is 1. The maximum atomic E-state index is 11.8. The largest absolute Gasteiger partial charge is 0.399 e. The Morgan fingerprint density at radius 1 is 1.25 bits per heavy atom. The van der Waals surface area contributed by atoms with Crippen molar-refractivity contribution in [3.8, 4) is 0 Å². The summed E-state index contributed by atoms with van der Waals surface area (Å²) in [7, 11) is 1.62. The first-order valence-corrected chi connectivity index (χ1v) is 7.38. The van der Waals surface area contributed by atoms with Gasteiger partial charge >= 0.3 is 0 Å². The van der Waals surface area contributed by atoms with E-state index in [2.05, 4.69) is 29.7 Å². The lowest BCUT2D eigenvalue weighted by Crippen LogP contribution is -2.19. The predicted octanol–water partition coefficient (Wildman–Crippen LogP) is 2.86. The second-order valence-corrected chi connectivity index (χ2v) is 5.71. The second kappa shape index (κ2) is 6.43. The van der Waals surface area contributed by atoms with Crippen molar-refractivity contribution in [3.05, 3.63) is 45.6 Å². The molecule has 1 heterocycles. The number of anilines is 2. The molecule has 0 aliphatic carbocycles. The van der Waals surface area contributed by atoms with E-state index in [0.717, 1.165) is 12.1 Å². The van der Waals surface area contributed by atoms with Gasteiger partial charge in [0.2, 0.25) is 0 Å². The summed E-state index contributed by atoms with van der Waals surface area (Å²) in [5.41, 5.74) is 7.80. The average Bonchev–Trinajstić information content (AvgIpc) is 2.92. The van der Waals surface area contributed by atoms with Crippen molar-refractivity contribution in [3.63, 3.8) is 0 Å². The van der Waals surface area contributed by atoms with Crippen LogP contribution >= 0.6 is 11.3 Å². The Balaban J connectivity index is 2.15. The van der Waals surface area contributed by atoms with Crippen molar-refractivity contribution in [2.75, 3.05) is 18.1 Å². The molecule has 1 aromatic heterocycles. The smallest absolute Gasteiger partial charge is 0.253 e. The predicted molar refractivity (Wildman–Crippen MR) is 85.3 cm³/mol. The zero-order valence-electron chi connectivity index (χ0n) is 11.7. The maximum Gasteiger partial charge on any atom is 0.253 e. The Hall–Kier alpha value is -2.01. The number of carbonyl (C=O) groups is 1. The van der Waals surface area contributed by atoms with E-state index in [1.54, 1.807) is 36.6 Å². The summed E-state index contributed by atoms with van der Waals surface area (Å²) < 4.78 is 0. The van der Waals surface area contributed by atoms with E-state index in [4.69, 9.17) is 5.73 Å². The van der Waals surface area contributed by atoms with E-state index in [-0.39, 0.29) is 5.91 Å². The minimum Gasteiger partial charge on any atom is -0.399 e. The van der Waals surface area contributed by atoms with Crippen LogP contribution in [0.1, 0.15) is 27.0 Å². The normalized spacial score (nSPS) is 10.3. The fourth-order valence-corrected chi connectivity index (χ4v) is 2.83. The Bertz CT molecular complexity index is 607. The number of nitrogen functional groups attached to an aromatic ring is 1. The van der Waals surface area contributed by atoms with E-state index in [0.29, 0.717) is 17.8 Å². The number of nitrogens with one attached hydrogen (secondary N) is 2. The average molecular weight is 289 g/mol. The van der Waals surface area contributed by atoms with Crippen LogP contribution in [-0.2, 0) is 13.0 Å². The molecule has 0 radical (unpaired) electrons. The highest BCUT2D eigenvalue weighted by molar-refractivity contribution is 7.12. The standard InChI is InChI=1S/C15H19N3OS/c1-3-11-5-6-12(20-11)9-18-14-8-10(16)4-7-13(14)15(19)17-2/h4-8,18H,3,9,16H2,1-2H3,(H,17,19). The topological polar surface area (TPSA) is 67.1 Å². The summed E-state index contributed by atoms with van der Waals surface area (Å²) in [6, 6.07) is 9.51. The molecule has 1 aromatic carbocycles. The van der Waals surface area contributed by atoms with Gasteiger partial charge in [0.15, 0.2) is 0 Å². The van der Waals surface area contributed by atoms with Gasteiger partial charge in [0, 0.05) is 34.7 Å². The van der Waals surface area contributed by atoms with Gasteiger partial charge in [-0.1, -0.05) is 6.92 Å². The molecule has 4 N–H and O–H groups in total. The quantitative estimate of drug-likeness (QED) is 0.741. The van der Waals surface area contributed by atoms with Gasteiger partial charge in [-0.25, -0.2) is 0 Å². The molecule has 0 saturated heterocycles. The molecule has 0 aliphatic heterocycles. The third-order valence-corrected chi connectivity index (χ3v) is 4.26. The number of hydrogen-bond donors (Lipinski definition) is 3. The van der Waals surface area contributed by atoms with Gasteiger partial charge < -0.3 is 16.4 Å². The first kappa shape index (κ1) is 14.4. The monoisotopic (exact) mass is 289 g/mol.